The second kappa shape index (κ2) is 5.14. The Morgan fingerprint density at radius 1 is 1.23 bits per heavy atom. The van der Waals surface area contributed by atoms with E-state index in [1.807, 2.05) is 34.8 Å². The molecule has 6 nitrogen and oxygen atoms in total. The molecule has 114 valence electrons. The summed E-state index contributed by atoms with van der Waals surface area (Å²) in [7, 11) is 1.94. The molecule has 0 aromatic carbocycles. The van der Waals surface area contributed by atoms with Crippen molar-refractivity contribution in [1.29, 1.82) is 0 Å². The number of anilines is 1. The van der Waals surface area contributed by atoms with Crippen molar-refractivity contribution < 1.29 is 0 Å². The van der Waals surface area contributed by atoms with Gasteiger partial charge in [-0.15, -0.1) is 0 Å². The number of hydrogen-bond donors (Lipinski definition) is 1. The predicted molar refractivity (Wildman–Crippen MR) is 87.1 cm³/mol. The Morgan fingerprint density at radius 2 is 2.14 bits per heavy atom. The van der Waals surface area contributed by atoms with Crippen molar-refractivity contribution in [1.82, 2.24) is 24.7 Å². The largest absolute Gasteiger partial charge is 0.367 e. The van der Waals surface area contributed by atoms with Crippen LogP contribution < -0.4 is 10.2 Å². The molecule has 4 rings (SSSR count). The zero-order valence-corrected chi connectivity index (χ0v) is 12.9. The molecule has 0 amide bonds. The van der Waals surface area contributed by atoms with E-state index in [1.54, 1.807) is 0 Å². The van der Waals surface area contributed by atoms with Crippen molar-refractivity contribution in [3.63, 3.8) is 0 Å². The van der Waals surface area contributed by atoms with Crippen molar-refractivity contribution in [3.8, 4) is 11.1 Å². The highest BCUT2D eigenvalue weighted by molar-refractivity contribution is 5.79. The van der Waals surface area contributed by atoms with Gasteiger partial charge in [0.15, 0.2) is 0 Å². The van der Waals surface area contributed by atoms with Crippen LogP contribution in [0.5, 0.6) is 0 Å². The van der Waals surface area contributed by atoms with Crippen LogP contribution in [0.1, 0.15) is 6.92 Å². The summed E-state index contributed by atoms with van der Waals surface area (Å²) in [6.45, 7) is 5.27. The first-order valence-electron chi connectivity index (χ1n) is 7.65. The Morgan fingerprint density at radius 3 is 2.91 bits per heavy atom. The second-order valence-electron chi connectivity index (χ2n) is 5.98. The summed E-state index contributed by atoms with van der Waals surface area (Å²) in [5.41, 5.74) is 4.66. The molecule has 4 heterocycles. The molecule has 3 aromatic heterocycles. The van der Waals surface area contributed by atoms with Crippen LogP contribution in [0.4, 0.5) is 5.69 Å². The third-order valence-corrected chi connectivity index (χ3v) is 4.23. The second-order valence-corrected chi connectivity index (χ2v) is 5.98. The Kier molecular flexibility index (Phi) is 3.11. The van der Waals surface area contributed by atoms with E-state index in [-0.39, 0.29) is 0 Å². The Balaban J connectivity index is 1.83. The maximum absolute atomic E-state index is 4.43. The number of rotatable bonds is 2. The van der Waals surface area contributed by atoms with Crippen molar-refractivity contribution in [3.05, 3.63) is 36.9 Å². The van der Waals surface area contributed by atoms with Gasteiger partial charge in [0.05, 0.1) is 23.6 Å². The number of nitrogens with zero attached hydrogens (tertiary/aromatic N) is 5. The zero-order valence-electron chi connectivity index (χ0n) is 12.9. The number of hydrogen-bond acceptors (Lipinski definition) is 4. The zero-order chi connectivity index (χ0) is 15.1. The molecule has 1 saturated heterocycles. The van der Waals surface area contributed by atoms with Gasteiger partial charge in [-0.1, -0.05) is 0 Å². The van der Waals surface area contributed by atoms with Gasteiger partial charge in [0.25, 0.3) is 0 Å². The molecular formula is C16H20N6. The molecule has 0 unspecified atom stereocenters. The van der Waals surface area contributed by atoms with Crippen LogP contribution in [0.15, 0.2) is 36.9 Å². The smallest absolute Gasteiger partial charge is 0.0895 e. The topological polar surface area (TPSA) is 50.4 Å². The maximum atomic E-state index is 4.43. The van der Waals surface area contributed by atoms with Crippen molar-refractivity contribution in [2.24, 2.45) is 7.05 Å². The van der Waals surface area contributed by atoms with Gasteiger partial charge < -0.3 is 10.2 Å². The summed E-state index contributed by atoms with van der Waals surface area (Å²) in [6, 6.07) is 4.83. The average Bonchev–Trinajstić information content (AvgIpc) is 3.14. The average molecular weight is 296 g/mol. The molecule has 1 fully saturated rings. The molecule has 22 heavy (non-hydrogen) atoms. The molecule has 1 aliphatic heterocycles. The molecule has 1 N–H and O–H groups in total. The van der Waals surface area contributed by atoms with Crippen LogP contribution in [-0.2, 0) is 7.05 Å². The SMILES string of the molecule is C[C@@H]1CN(c2cc(-c3cnn(C)c3)cn3nccc23)CCN1. The summed E-state index contributed by atoms with van der Waals surface area (Å²) in [4.78, 5) is 2.44. The van der Waals surface area contributed by atoms with Gasteiger partial charge in [0.2, 0.25) is 0 Å². The minimum Gasteiger partial charge on any atom is -0.367 e. The van der Waals surface area contributed by atoms with E-state index in [0.29, 0.717) is 6.04 Å². The van der Waals surface area contributed by atoms with Gasteiger partial charge in [-0.3, -0.25) is 4.68 Å². The standard InChI is InChI=1S/C16H20N6/c1-12-9-21(6-5-17-12)16-7-13(14-8-19-20(2)10-14)11-22-15(16)3-4-18-22/h3-4,7-8,10-12,17H,5-6,9H2,1-2H3/t12-/m1/s1. The minimum atomic E-state index is 0.499. The third-order valence-electron chi connectivity index (χ3n) is 4.23. The highest BCUT2D eigenvalue weighted by Gasteiger charge is 2.19. The minimum absolute atomic E-state index is 0.499. The Hall–Kier alpha value is -2.34. The molecule has 0 radical (unpaired) electrons. The molecule has 0 saturated carbocycles. The van der Waals surface area contributed by atoms with Gasteiger partial charge in [0.1, 0.15) is 0 Å². The number of nitrogens with one attached hydrogen (secondary N) is 1. The van der Waals surface area contributed by atoms with Crippen LogP contribution in [0.2, 0.25) is 0 Å². The quantitative estimate of drug-likeness (QED) is 0.779. The first-order chi connectivity index (χ1) is 10.7. The summed E-state index contributed by atoms with van der Waals surface area (Å²) in [5, 5.41) is 12.2. The van der Waals surface area contributed by atoms with E-state index in [1.165, 1.54) is 5.69 Å². The number of pyridine rings is 1. The van der Waals surface area contributed by atoms with E-state index in [4.69, 9.17) is 0 Å². The van der Waals surface area contributed by atoms with Crippen LogP contribution in [-0.4, -0.2) is 45.1 Å². The number of aromatic nitrogens is 4. The van der Waals surface area contributed by atoms with Gasteiger partial charge in [-0.25, -0.2) is 4.52 Å². The lowest BCUT2D eigenvalue weighted by Crippen LogP contribution is -2.49. The fraction of sp³-hybridized carbons (Fsp3) is 0.375. The van der Waals surface area contributed by atoms with E-state index < -0.39 is 0 Å². The highest BCUT2D eigenvalue weighted by Crippen LogP contribution is 2.29. The lowest BCUT2D eigenvalue weighted by atomic mass is 10.1. The van der Waals surface area contributed by atoms with E-state index >= 15 is 0 Å². The fourth-order valence-electron chi connectivity index (χ4n) is 3.14. The first kappa shape index (κ1) is 13.3. The summed E-state index contributed by atoms with van der Waals surface area (Å²) in [6.07, 6.45) is 7.86. The lowest BCUT2D eigenvalue weighted by molar-refractivity contribution is 0.485. The highest BCUT2D eigenvalue weighted by atomic mass is 15.3. The van der Waals surface area contributed by atoms with Gasteiger partial charge >= 0.3 is 0 Å². The molecular weight excluding hydrogens is 276 g/mol. The summed E-state index contributed by atoms with van der Waals surface area (Å²) >= 11 is 0. The van der Waals surface area contributed by atoms with Gasteiger partial charge in [-0.05, 0) is 19.1 Å². The van der Waals surface area contributed by atoms with Crippen molar-refractivity contribution in [2.45, 2.75) is 13.0 Å². The molecule has 3 aromatic rings. The van der Waals surface area contributed by atoms with E-state index in [9.17, 15) is 0 Å². The monoisotopic (exact) mass is 296 g/mol. The molecule has 1 atom stereocenters. The first-order valence-corrected chi connectivity index (χ1v) is 7.65. The molecule has 0 aliphatic carbocycles. The summed E-state index contributed by atoms with van der Waals surface area (Å²) in [5.74, 6) is 0. The van der Waals surface area contributed by atoms with Crippen molar-refractivity contribution in [2.75, 3.05) is 24.5 Å². The molecule has 6 heteroatoms. The van der Waals surface area contributed by atoms with Crippen LogP contribution >= 0.6 is 0 Å². The predicted octanol–water partition coefficient (Wildman–Crippen LogP) is 1.53. The third kappa shape index (κ3) is 2.25. The fourth-order valence-corrected chi connectivity index (χ4v) is 3.14. The number of piperazine rings is 1. The maximum Gasteiger partial charge on any atom is 0.0895 e. The molecule has 0 spiro atoms. The van der Waals surface area contributed by atoms with E-state index in [2.05, 4.69) is 45.7 Å². The van der Waals surface area contributed by atoms with Crippen LogP contribution in [0, 0.1) is 0 Å². The lowest BCUT2D eigenvalue weighted by Gasteiger charge is -2.34. The van der Waals surface area contributed by atoms with Crippen molar-refractivity contribution >= 4 is 11.2 Å². The normalized spacial score (nSPS) is 19.0. The number of fused-ring (bicyclic) bond motifs is 1. The number of aryl methyl sites for hydroxylation is 1. The molecule has 1 aliphatic rings. The summed E-state index contributed by atoms with van der Waals surface area (Å²) < 4.78 is 3.79. The molecule has 0 bridgehead atoms. The Bertz CT molecular complexity index is 802. The van der Waals surface area contributed by atoms with E-state index in [0.717, 1.165) is 36.3 Å². The van der Waals surface area contributed by atoms with Gasteiger partial charge in [0, 0.05) is 56.2 Å². The van der Waals surface area contributed by atoms with Crippen LogP contribution in [0.3, 0.4) is 0 Å². The Labute approximate surface area is 129 Å². The van der Waals surface area contributed by atoms with Crippen LogP contribution in [0.25, 0.3) is 16.6 Å². The van der Waals surface area contributed by atoms with Gasteiger partial charge in [-0.2, -0.15) is 10.2 Å².